The summed E-state index contributed by atoms with van der Waals surface area (Å²) in [6.45, 7) is 0. The Morgan fingerprint density at radius 1 is 1.37 bits per heavy atom. The van der Waals surface area contributed by atoms with Gasteiger partial charge in [-0.25, -0.2) is 4.98 Å². The van der Waals surface area contributed by atoms with Crippen molar-refractivity contribution in [3.63, 3.8) is 0 Å². The molecule has 0 saturated carbocycles. The summed E-state index contributed by atoms with van der Waals surface area (Å²) in [6.07, 6.45) is -4.73. The minimum absolute atomic E-state index is 0.114. The van der Waals surface area contributed by atoms with E-state index in [1.807, 2.05) is 0 Å². The van der Waals surface area contributed by atoms with Gasteiger partial charge in [-0.1, -0.05) is 11.3 Å². The summed E-state index contributed by atoms with van der Waals surface area (Å²) in [4.78, 5) is 14.4. The maximum atomic E-state index is 12.3. The van der Waals surface area contributed by atoms with Gasteiger partial charge in [0, 0.05) is 5.38 Å². The Morgan fingerprint density at radius 2 is 2.11 bits per heavy atom. The lowest BCUT2D eigenvalue weighted by Crippen LogP contribution is -2.03. The summed E-state index contributed by atoms with van der Waals surface area (Å²) in [7, 11) is 0. The van der Waals surface area contributed by atoms with Crippen LogP contribution in [-0.4, -0.2) is 26.3 Å². The first-order chi connectivity index (χ1) is 8.84. The number of halogens is 3. The normalized spacial score (nSPS) is 11.7. The van der Waals surface area contributed by atoms with E-state index in [1.54, 1.807) is 5.38 Å². The Kier molecular flexibility index (Phi) is 4.06. The van der Waals surface area contributed by atoms with Gasteiger partial charge >= 0.3 is 12.1 Å². The van der Waals surface area contributed by atoms with Crippen molar-refractivity contribution >= 4 is 40.4 Å². The van der Waals surface area contributed by atoms with Crippen molar-refractivity contribution in [1.82, 2.24) is 15.2 Å². The zero-order valence-corrected chi connectivity index (χ0v) is 11.3. The molecular weight excluding hydrogens is 323 g/mol. The molecule has 0 spiro atoms. The molecule has 2 heterocycles. The van der Waals surface area contributed by atoms with Crippen molar-refractivity contribution in [2.24, 2.45) is 0 Å². The summed E-state index contributed by atoms with van der Waals surface area (Å²) < 4.78 is 37.5. The molecule has 11 heteroatoms. The molecule has 0 aliphatic carbocycles. The van der Waals surface area contributed by atoms with Crippen molar-refractivity contribution in [3.05, 3.63) is 16.1 Å². The van der Waals surface area contributed by atoms with Gasteiger partial charge in [0.25, 0.3) is 0 Å². The van der Waals surface area contributed by atoms with Gasteiger partial charge in [0.2, 0.25) is 5.01 Å². The van der Waals surface area contributed by atoms with Crippen LogP contribution >= 0.6 is 34.4 Å². The average molecular weight is 327 g/mol. The fourth-order valence-corrected chi connectivity index (χ4v) is 3.76. The highest BCUT2D eigenvalue weighted by Crippen LogP contribution is 2.37. The van der Waals surface area contributed by atoms with Crippen molar-refractivity contribution in [2.45, 2.75) is 21.3 Å². The number of hydrogen-bond acceptors (Lipinski definition) is 7. The van der Waals surface area contributed by atoms with E-state index in [0.717, 1.165) is 23.1 Å². The molecule has 19 heavy (non-hydrogen) atoms. The lowest BCUT2D eigenvalue weighted by molar-refractivity contribution is -0.138. The van der Waals surface area contributed by atoms with Crippen molar-refractivity contribution in [1.29, 1.82) is 0 Å². The van der Waals surface area contributed by atoms with E-state index in [0.29, 0.717) is 21.4 Å². The molecule has 0 unspecified atom stereocenters. The first kappa shape index (κ1) is 14.2. The zero-order valence-electron chi connectivity index (χ0n) is 8.84. The summed E-state index contributed by atoms with van der Waals surface area (Å²) >= 11 is 2.51. The second-order valence-corrected chi connectivity index (χ2v) is 6.48. The Bertz CT molecular complexity index is 595. The largest absolute Gasteiger partial charge is 0.481 e. The minimum Gasteiger partial charge on any atom is -0.481 e. The van der Waals surface area contributed by atoms with Crippen LogP contribution < -0.4 is 0 Å². The van der Waals surface area contributed by atoms with Crippen LogP contribution in [0.5, 0.6) is 0 Å². The number of carboxylic acid groups (broad SMARTS) is 1. The lowest BCUT2D eigenvalue weighted by Gasteiger charge is -1.97. The second kappa shape index (κ2) is 5.43. The molecule has 0 amide bonds. The molecule has 1 N–H and O–H groups in total. The predicted octanol–water partition coefficient (Wildman–Crippen LogP) is 2.79. The van der Waals surface area contributed by atoms with Crippen molar-refractivity contribution in [2.75, 3.05) is 0 Å². The minimum atomic E-state index is -4.51. The van der Waals surface area contributed by atoms with Crippen LogP contribution in [0.4, 0.5) is 13.2 Å². The Hall–Kier alpha value is -1.20. The van der Waals surface area contributed by atoms with Crippen LogP contribution in [0.3, 0.4) is 0 Å². The molecule has 0 aliphatic heterocycles. The summed E-state index contributed by atoms with van der Waals surface area (Å²) in [5.41, 5.74) is 0.362. The first-order valence-corrected chi connectivity index (χ1v) is 7.10. The fraction of sp³-hybridized carbons (Fsp3) is 0.250. The molecular formula is C8H4F3N3O2S3. The zero-order chi connectivity index (χ0) is 14.0. The number of rotatable bonds is 4. The number of aromatic nitrogens is 3. The fourth-order valence-electron chi connectivity index (χ4n) is 1.01. The number of thiazole rings is 1. The molecule has 0 aromatic carbocycles. The maximum Gasteiger partial charge on any atom is 0.445 e. The predicted molar refractivity (Wildman–Crippen MR) is 62.5 cm³/mol. The van der Waals surface area contributed by atoms with Gasteiger partial charge < -0.3 is 5.11 Å². The molecule has 2 aromatic rings. The van der Waals surface area contributed by atoms with Gasteiger partial charge in [0.05, 0.1) is 12.1 Å². The topological polar surface area (TPSA) is 76.0 Å². The van der Waals surface area contributed by atoms with Gasteiger partial charge in [0.1, 0.15) is 0 Å². The Labute approximate surface area is 116 Å². The van der Waals surface area contributed by atoms with E-state index in [9.17, 15) is 18.0 Å². The van der Waals surface area contributed by atoms with Gasteiger partial charge in [-0.15, -0.1) is 21.5 Å². The molecule has 0 bridgehead atoms. The highest BCUT2D eigenvalue weighted by molar-refractivity contribution is 8.02. The number of alkyl halides is 3. The van der Waals surface area contributed by atoms with Crippen LogP contribution in [0, 0.1) is 0 Å². The molecule has 0 aliphatic rings. The Morgan fingerprint density at radius 3 is 2.68 bits per heavy atom. The monoisotopic (exact) mass is 327 g/mol. The average Bonchev–Trinajstić information content (AvgIpc) is 2.86. The Balaban J connectivity index is 2.07. The van der Waals surface area contributed by atoms with E-state index in [1.165, 1.54) is 0 Å². The lowest BCUT2D eigenvalue weighted by atomic mass is 10.3. The highest BCUT2D eigenvalue weighted by Gasteiger charge is 2.35. The smallest absolute Gasteiger partial charge is 0.445 e. The number of carboxylic acids is 1. The van der Waals surface area contributed by atoms with Crippen molar-refractivity contribution < 1.29 is 23.1 Å². The second-order valence-electron chi connectivity index (χ2n) is 3.15. The SMILES string of the molecule is O=C(O)Cc1csc(Sc2nnc(C(F)(F)F)s2)n1. The van der Waals surface area contributed by atoms with Crippen LogP contribution in [-0.2, 0) is 17.4 Å². The molecule has 5 nitrogen and oxygen atoms in total. The van der Waals surface area contributed by atoms with E-state index < -0.39 is 17.2 Å². The third kappa shape index (κ3) is 3.88. The summed E-state index contributed by atoms with van der Waals surface area (Å²) in [6, 6.07) is 0. The molecule has 102 valence electrons. The standard InChI is InChI=1S/C8H4F3N3O2S3/c9-8(10,11)5-13-14-7(18-5)19-6-12-3(2-17-6)1-4(15)16/h2H,1H2,(H,15,16). The molecule has 2 aromatic heterocycles. The highest BCUT2D eigenvalue weighted by atomic mass is 32.2. The van der Waals surface area contributed by atoms with Gasteiger partial charge in [-0.2, -0.15) is 13.2 Å². The van der Waals surface area contributed by atoms with Crippen LogP contribution in [0.2, 0.25) is 0 Å². The van der Waals surface area contributed by atoms with Gasteiger partial charge in [-0.05, 0) is 11.8 Å². The summed E-state index contributed by atoms with van der Waals surface area (Å²) in [5.74, 6) is -1.02. The maximum absolute atomic E-state index is 12.3. The van der Waals surface area contributed by atoms with E-state index in [2.05, 4.69) is 15.2 Å². The van der Waals surface area contributed by atoms with Crippen LogP contribution in [0.1, 0.15) is 10.7 Å². The van der Waals surface area contributed by atoms with Gasteiger partial charge in [0.15, 0.2) is 8.68 Å². The van der Waals surface area contributed by atoms with Crippen molar-refractivity contribution in [3.8, 4) is 0 Å². The van der Waals surface area contributed by atoms with E-state index >= 15 is 0 Å². The number of aliphatic carboxylic acids is 1. The quantitative estimate of drug-likeness (QED) is 0.930. The molecule has 0 atom stereocenters. The molecule has 2 rings (SSSR count). The van der Waals surface area contributed by atoms with E-state index in [-0.39, 0.29) is 10.8 Å². The molecule has 0 saturated heterocycles. The number of nitrogens with zero attached hydrogens (tertiary/aromatic N) is 3. The third-order valence-corrected chi connectivity index (χ3v) is 4.69. The first-order valence-electron chi connectivity index (χ1n) is 4.59. The molecule has 0 radical (unpaired) electrons. The number of carbonyl (C=O) groups is 1. The van der Waals surface area contributed by atoms with Gasteiger partial charge in [-0.3, -0.25) is 4.79 Å². The van der Waals surface area contributed by atoms with Crippen LogP contribution in [0.15, 0.2) is 14.1 Å². The van der Waals surface area contributed by atoms with E-state index in [4.69, 9.17) is 5.11 Å². The molecule has 0 fully saturated rings. The van der Waals surface area contributed by atoms with Crippen LogP contribution in [0.25, 0.3) is 0 Å². The summed E-state index contributed by atoms with van der Waals surface area (Å²) in [5, 5.41) is 15.6. The third-order valence-electron chi connectivity index (χ3n) is 1.69. The number of hydrogen-bond donors (Lipinski definition) is 1.